The molecule has 0 saturated heterocycles. The third-order valence-electron chi connectivity index (χ3n) is 4.64. The summed E-state index contributed by atoms with van der Waals surface area (Å²) in [6, 6.07) is 14.4. The lowest BCUT2D eigenvalue weighted by atomic mass is 9.98. The number of ether oxygens (including phenoxy) is 1. The van der Waals surface area contributed by atoms with Crippen LogP contribution in [0.3, 0.4) is 0 Å². The van der Waals surface area contributed by atoms with Crippen molar-refractivity contribution in [3.05, 3.63) is 69.9 Å². The Bertz CT molecular complexity index is 874. The standard InChI is InChI=1S/C21H21NO2S/c1-15-4-2-3-5-19(15)17-10-18-13-22(12-16-6-9-25-14-16)7-8-24-21(18)20(23)11-17/h2-6,9-11,14,23H,7-8,12-13H2,1H3. The van der Waals surface area contributed by atoms with Gasteiger partial charge in [-0.15, -0.1) is 0 Å². The molecule has 1 aliphatic heterocycles. The first kappa shape index (κ1) is 16.2. The van der Waals surface area contributed by atoms with Gasteiger partial charge in [0.15, 0.2) is 11.5 Å². The van der Waals surface area contributed by atoms with Crippen LogP contribution in [0.25, 0.3) is 11.1 Å². The Morgan fingerprint density at radius 1 is 1.20 bits per heavy atom. The molecule has 0 spiro atoms. The van der Waals surface area contributed by atoms with Gasteiger partial charge in [0.25, 0.3) is 0 Å². The Balaban J connectivity index is 1.68. The van der Waals surface area contributed by atoms with Crippen LogP contribution in [0.1, 0.15) is 16.7 Å². The zero-order chi connectivity index (χ0) is 17.2. The predicted molar refractivity (Wildman–Crippen MR) is 102 cm³/mol. The molecule has 3 aromatic rings. The molecule has 0 amide bonds. The normalized spacial score (nSPS) is 14.6. The molecule has 0 atom stereocenters. The first-order valence-electron chi connectivity index (χ1n) is 8.49. The van der Waals surface area contributed by atoms with E-state index in [2.05, 4.69) is 46.8 Å². The van der Waals surface area contributed by atoms with Crippen LogP contribution in [0.5, 0.6) is 11.5 Å². The van der Waals surface area contributed by atoms with E-state index in [0.717, 1.165) is 36.3 Å². The van der Waals surface area contributed by atoms with E-state index in [1.807, 2.05) is 18.2 Å². The predicted octanol–water partition coefficient (Wildman–Crippen LogP) is 4.82. The lowest BCUT2D eigenvalue weighted by Gasteiger charge is -2.19. The van der Waals surface area contributed by atoms with Crippen LogP contribution >= 0.6 is 11.3 Å². The SMILES string of the molecule is Cc1ccccc1-c1cc(O)c2c(c1)CN(Cc1ccsc1)CCO2. The minimum atomic E-state index is 0.230. The number of benzene rings is 2. The van der Waals surface area contributed by atoms with Crippen molar-refractivity contribution >= 4 is 11.3 Å². The van der Waals surface area contributed by atoms with Gasteiger partial charge in [0.05, 0.1) is 0 Å². The van der Waals surface area contributed by atoms with Crippen LogP contribution in [0.2, 0.25) is 0 Å². The number of aryl methyl sites for hydroxylation is 1. The van der Waals surface area contributed by atoms with Gasteiger partial charge in [0, 0.05) is 25.2 Å². The zero-order valence-electron chi connectivity index (χ0n) is 14.2. The number of phenols is 1. The minimum Gasteiger partial charge on any atom is -0.504 e. The Labute approximate surface area is 152 Å². The number of nitrogens with zero attached hydrogens (tertiary/aromatic N) is 1. The quantitative estimate of drug-likeness (QED) is 0.734. The molecule has 0 aliphatic carbocycles. The number of fused-ring (bicyclic) bond motifs is 1. The summed E-state index contributed by atoms with van der Waals surface area (Å²) < 4.78 is 5.86. The lowest BCUT2D eigenvalue weighted by Crippen LogP contribution is -2.24. The molecule has 0 bridgehead atoms. The molecule has 0 saturated carbocycles. The lowest BCUT2D eigenvalue weighted by molar-refractivity contribution is 0.217. The maximum Gasteiger partial charge on any atom is 0.165 e. The second kappa shape index (κ2) is 6.90. The van der Waals surface area contributed by atoms with Crippen LogP contribution in [-0.4, -0.2) is 23.2 Å². The van der Waals surface area contributed by atoms with Crippen molar-refractivity contribution in [1.82, 2.24) is 4.90 Å². The van der Waals surface area contributed by atoms with Gasteiger partial charge in [-0.3, -0.25) is 4.90 Å². The summed E-state index contributed by atoms with van der Waals surface area (Å²) in [6.45, 7) is 5.22. The average Bonchev–Trinajstić information content (AvgIpc) is 3.01. The Morgan fingerprint density at radius 3 is 2.88 bits per heavy atom. The summed E-state index contributed by atoms with van der Waals surface area (Å²) in [6.07, 6.45) is 0. The van der Waals surface area contributed by atoms with Gasteiger partial charge in [-0.2, -0.15) is 11.3 Å². The summed E-state index contributed by atoms with van der Waals surface area (Å²) in [5.74, 6) is 0.860. The molecule has 1 aliphatic rings. The fraction of sp³-hybridized carbons (Fsp3) is 0.238. The molecule has 4 heteroatoms. The molecule has 2 heterocycles. The minimum absolute atomic E-state index is 0.230. The molecule has 128 valence electrons. The van der Waals surface area contributed by atoms with Crippen LogP contribution in [0.4, 0.5) is 0 Å². The van der Waals surface area contributed by atoms with E-state index in [0.29, 0.717) is 12.4 Å². The third kappa shape index (κ3) is 3.41. The fourth-order valence-electron chi connectivity index (χ4n) is 3.38. The van der Waals surface area contributed by atoms with Crippen molar-refractivity contribution in [3.63, 3.8) is 0 Å². The highest BCUT2D eigenvalue weighted by atomic mass is 32.1. The van der Waals surface area contributed by atoms with Crippen LogP contribution < -0.4 is 4.74 Å². The summed E-state index contributed by atoms with van der Waals surface area (Å²) in [5, 5.41) is 14.8. The maximum absolute atomic E-state index is 10.5. The van der Waals surface area contributed by atoms with Crippen LogP contribution in [0, 0.1) is 6.92 Å². The molecular weight excluding hydrogens is 330 g/mol. The maximum atomic E-state index is 10.5. The van der Waals surface area contributed by atoms with Crippen molar-refractivity contribution in [2.45, 2.75) is 20.0 Å². The van der Waals surface area contributed by atoms with Gasteiger partial charge >= 0.3 is 0 Å². The summed E-state index contributed by atoms with van der Waals surface area (Å²) in [5.41, 5.74) is 5.76. The van der Waals surface area contributed by atoms with E-state index in [1.165, 1.54) is 11.1 Å². The Hall–Kier alpha value is -2.30. The van der Waals surface area contributed by atoms with E-state index in [1.54, 1.807) is 11.3 Å². The van der Waals surface area contributed by atoms with Crippen molar-refractivity contribution in [1.29, 1.82) is 0 Å². The molecule has 0 unspecified atom stereocenters. The molecular formula is C21H21NO2S. The van der Waals surface area contributed by atoms with Gasteiger partial charge in [-0.25, -0.2) is 0 Å². The van der Waals surface area contributed by atoms with Gasteiger partial charge in [0.1, 0.15) is 6.61 Å². The number of hydrogen-bond acceptors (Lipinski definition) is 4. The fourth-order valence-corrected chi connectivity index (χ4v) is 4.04. The first-order chi connectivity index (χ1) is 12.2. The summed E-state index contributed by atoms with van der Waals surface area (Å²) in [4.78, 5) is 2.37. The first-order valence-corrected chi connectivity index (χ1v) is 9.43. The van der Waals surface area contributed by atoms with Crippen molar-refractivity contribution in [3.8, 4) is 22.6 Å². The number of aromatic hydroxyl groups is 1. The van der Waals surface area contributed by atoms with Crippen LogP contribution in [-0.2, 0) is 13.1 Å². The molecule has 2 aromatic carbocycles. The largest absolute Gasteiger partial charge is 0.504 e. The van der Waals surface area contributed by atoms with Crippen molar-refractivity contribution in [2.75, 3.05) is 13.2 Å². The highest BCUT2D eigenvalue weighted by Crippen LogP contribution is 2.38. The highest BCUT2D eigenvalue weighted by Gasteiger charge is 2.20. The number of hydrogen-bond donors (Lipinski definition) is 1. The van der Waals surface area contributed by atoms with E-state index >= 15 is 0 Å². The molecule has 1 N–H and O–H groups in total. The molecule has 25 heavy (non-hydrogen) atoms. The third-order valence-corrected chi connectivity index (χ3v) is 5.37. The second-order valence-electron chi connectivity index (χ2n) is 6.49. The van der Waals surface area contributed by atoms with E-state index in [9.17, 15) is 5.11 Å². The number of thiophene rings is 1. The number of rotatable bonds is 3. The average molecular weight is 351 g/mol. The smallest absolute Gasteiger partial charge is 0.165 e. The molecule has 4 rings (SSSR count). The molecule has 1 aromatic heterocycles. The van der Waals surface area contributed by atoms with E-state index < -0.39 is 0 Å². The van der Waals surface area contributed by atoms with Gasteiger partial charge < -0.3 is 9.84 Å². The summed E-state index contributed by atoms with van der Waals surface area (Å²) in [7, 11) is 0. The molecule has 0 radical (unpaired) electrons. The van der Waals surface area contributed by atoms with E-state index in [4.69, 9.17) is 4.74 Å². The van der Waals surface area contributed by atoms with Gasteiger partial charge in [-0.05, 0) is 58.1 Å². The van der Waals surface area contributed by atoms with Crippen molar-refractivity contribution < 1.29 is 9.84 Å². The van der Waals surface area contributed by atoms with Crippen LogP contribution in [0.15, 0.2) is 53.2 Å². The number of phenolic OH excluding ortho intramolecular Hbond substituents is 1. The summed E-state index contributed by atoms with van der Waals surface area (Å²) >= 11 is 1.72. The van der Waals surface area contributed by atoms with Crippen molar-refractivity contribution in [2.24, 2.45) is 0 Å². The molecule has 0 fully saturated rings. The molecule has 3 nitrogen and oxygen atoms in total. The monoisotopic (exact) mass is 351 g/mol. The topological polar surface area (TPSA) is 32.7 Å². The van der Waals surface area contributed by atoms with Gasteiger partial charge in [-0.1, -0.05) is 24.3 Å². The zero-order valence-corrected chi connectivity index (χ0v) is 15.1. The second-order valence-corrected chi connectivity index (χ2v) is 7.27. The highest BCUT2D eigenvalue weighted by molar-refractivity contribution is 7.07. The Kier molecular flexibility index (Phi) is 4.47. The van der Waals surface area contributed by atoms with Gasteiger partial charge in [0.2, 0.25) is 0 Å². The van der Waals surface area contributed by atoms with E-state index in [-0.39, 0.29) is 5.75 Å². The Morgan fingerprint density at radius 2 is 2.08 bits per heavy atom.